The van der Waals surface area contributed by atoms with Crippen LogP contribution >= 0.6 is 11.6 Å². The predicted molar refractivity (Wildman–Crippen MR) is 68.3 cm³/mol. The van der Waals surface area contributed by atoms with Crippen LogP contribution in [0.5, 0.6) is 11.5 Å². The summed E-state index contributed by atoms with van der Waals surface area (Å²) in [6.07, 6.45) is 1.00. The Morgan fingerprint density at radius 2 is 2.33 bits per heavy atom. The molecule has 1 aliphatic heterocycles. The molecule has 0 saturated carbocycles. The van der Waals surface area contributed by atoms with Crippen molar-refractivity contribution < 1.29 is 19.3 Å². The summed E-state index contributed by atoms with van der Waals surface area (Å²) in [4.78, 5) is 0. The van der Waals surface area contributed by atoms with Crippen LogP contribution < -0.4 is 9.47 Å². The third-order valence-corrected chi connectivity index (χ3v) is 3.19. The monoisotopic (exact) mass is 272 g/mol. The fourth-order valence-corrected chi connectivity index (χ4v) is 2.20. The van der Waals surface area contributed by atoms with Crippen LogP contribution in [0, 0.1) is 5.92 Å². The van der Waals surface area contributed by atoms with Gasteiger partial charge in [-0.25, -0.2) is 0 Å². The molecule has 0 radical (unpaired) electrons. The third kappa shape index (κ3) is 3.07. The zero-order valence-electron chi connectivity index (χ0n) is 10.3. The molecule has 1 atom stereocenters. The second kappa shape index (κ2) is 6.27. The Kier molecular flexibility index (Phi) is 4.69. The average molecular weight is 273 g/mol. The standard InChI is InChI=1S/C13H17ClO4/c1-16-12-5-11(14)4-10(6-15)13(12)18-8-9-2-3-17-7-9/h4-5,9,15H,2-3,6-8H2,1H3. The number of halogens is 1. The molecule has 0 spiro atoms. The molecule has 1 aromatic carbocycles. The van der Waals surface area contributed by atoms with Crippen LogP contribution in [-0.4, -0.2) is 32.0 Å². The molecule has 0 aliphatic carbocycles. The maximum absolute atomic E-state index is 9.34. The molecule has 1 unspecified atom stereocenters. The van der Waals surface area contributed by atoms with Crippen LogP contribution in [0.4, 0.5) is 0 Å². The summed E-state index contributed by atoms with van der Waals surface area (Å²) in [5.74, 6) is 1.51. The van der Waals surface area contributed by atoms with Gasteiger partial charge in [-0.05, 0) is 12.5 Å². The van der Waals surface area contributed by atoms with Crippen LogP contribution in [0.1, 0.15) is 12.0 Å². The van der Waals surface area contributed by atoms with Gasteiger partial charge in [-0.3, -0.25) is 0 Å². The number of rotatable bonds is 5. The number of aliphatic hydroxyl groups excluding tert-OH is 1. The van der Waals surface area contributed by atoms with Gasteiger partial charge in [0, 0.05) is 29.2 Å². The first-order valence-electron chi connectivity index (χ1n) is 5.92. The lowest BCUT2D eigenvalue weighted by atomic mass is 10.1. The molecule has 1 saturated heterocycles. The molecule has 18 heavy (non-hydrogen) atoms. The third-order valence-electron chi connectivity index (χ3n) is 2.97. The highest BCUT2D eigenvalue weighted by molar-refractivity contribution is 6.30. The molecule has 0 amide bonds. The number of methoxy groups -OCH3 is 1. The van der Waals surface area contributed by atoms with Crippen molar-refractivity contribution in [2.24, 2.45) is 5.92 Å². The zero-order valence-corrected chi connectivity index (χ0v) is 11.1. The smallest absolute Gasteiger partial charge is 0.166 e. The molecule has 100 valence electrons. The van der Waals surface area contributed by atoms with E-state index < -0.39 is 0 Å². The molecule has 4 nitrogen and oxygen atoms in total. The van der Waals surface area contributed by atoms with Gasteiger partial charge in [-0.1, -0.05) is 11.6 Å². The summed E-state index contributed by atoms with van der Waals surface area (Å²) in [6, 6.07) is 3.37. The van der Waals surface area contributed by atoms with Crippen molar-refractivity contribution in [3.05, 3.63) is 22.7 Å². The Balaban J connectivity index is 2.13. The quantitative estimate of drug-likeness (QED) is 0.893. The number of hydrogen-bond donors (Lipinski definition) is 1. The number of aliphatic hydroxyl groups is 1. The minimum Gasteiger partial charge on any atom is -0.493 e. The molecule has 1 N–H and O–H groups in total. The number of ether oxygens (including phenoxy) is 3. The van der Waals surface area contributed by atoms with Gasteiger partial charge in [0.25, 0.3) is 0 Å². The van der Waals surface area contributed by atoms with Gasteiger partial charge in [0.15, 0.2) is 11.5 Å². The number of hydrogen-bond acceptors (Lipinski definition) is 4. The van der Waals surface area contributed by atoms with Crippen molar-refractivity contribution in [2.45, 2.75) is 13.0 Å². The van der Waals surface area contributed by atoms with Crippen molar-refractivity contribution in [3.8, 4) is 11.5 Å². The lowest BCUT2D eigenvalue weighted by Gasteiger charge is -2.16. The van der Waals surface area contributed by atoms with E-state index in [1.807, 2.05) is 0 Å². The summed E-state index contributed by atoms with van der Waals surface area (Å²) in [7, 11) is 1.55. The van der Waals surface area contributed by atoms with Gasteiger partial charge in [-0.15, -0.1) is 0 Å². The molecule has 1 aliphatic rings. The van der Waals surface area contributed by atoms with Gasteiger partial charge < -0.3 is 19.3 Å². The largest absolute Gasteiger partial charge is 0.493 e. The molecule has 5 heteroatoms. The summed E-state index contributed by atoms with van der Waals surface area (Å²) >= 11 is 5.94. The highest BCUT2D eigenvalue weighted by Gasteiger charge is 2.19. The van der Waals surface area contributed by atoms with Crippen molar-refractivity contribution in [3.63, 3.8) is 0 Å². The first-order chi connectivity index (χ1) is 8.74. The fraction of sp³-hybridized carbons (Fsp3) is 0.538. The Morgan fingerprint density at radius 1 is 1.50 bits per heavy atom. The summed E-state index contributed by atoms with van der Waals surface area (Å²) in [5, 5.41) is 9.86. The Labute approximate surface area is 111 Å². The van der Waals surface area contributed by atoms with Crippen molar-refractivity contribution in [2.75, 3.05) is 26.9 Å². The lowest BCUT2D eigenvalue weighted by molar-refractivity contribution is 0.164. The average Bonchev–Trinajstić information content (AvgIpc) is 2.89. The van der Waals surface area contributed by atoms with E-state index in [1.54, 1.807) is 19.2 Å². The minimum atomic E-state index is -0.132. The summed E-state index contributed by atoms with van der Waals surface area (Å²) in [5.41, 5.74) is 0.637. The molecule has 0 aromatic heterocycles. The SMILES string of the molecule is COc1cc(Cl)cc(CO)c1OCC1CCOC1. The van der Waals surface area contributed by atoms with Crippen molar-refractivity contribution >= 4 is 11.6 Å². The Morgan fingerprint density at radius 3 is 2.94 bits per heavy atom. The van der Waals surface area contributed by atoms with Gasteiger partial charge in [0.2, 0.25) is 0 Å². The van der Waals surface area contributed by atoms with E-state index in [1.165, 1.54) is 0 Å². The van der Waals surface area contributed by atoms with Crippen LogP contribution in [-0.2, 0) is 11.3 Å². The Hall–Kier alpha value is -0.970. The second-order valence-corrected chi connectivity index (χ2v) is 4.73. The van der Waals surface area contributed by atoms with Gasteiger partial charge >= 0.3 is 0 Å². The topological polar surface area (TPSA) is 47.9 Å². The minimum absolute atomic E-state index is 0.132. The molecule has 1 fully saturated rings. The Bertz CT molecular complexity index is 377. The van der Waals surface area contributed by atoms with E-state index in [2.05, 4.69) is 0 Å². The van der Waals surface area contributed by atoms with Crippen LogP contribution in [0.2, 0.25) is 5.02 Å². The zero-order chi connectivity index (χ0) is 13.0. The first kappa shape index (κ1) is 13.5. The molecule has 0 bridgehead atoms. The number of benzene rings is 1. The first-order valence-corrected chi connectivity index (χ1v) is 6.30. The van der Waals surface area contributed by atoms with Crippen molar-refractivity contribution in [1.29, 1.82) is 0 Å². The van der Waals surface area contributed by atoms with E-state index in [9.17, 15) is 5.11 Å². The van der Waals surface area contributed by atoms with E-state index >= 15 is 0 Å². The van der Waals surface area contributed by atoms with E-state index in [-0.39, 0.29) is 6.61 Å². The normalized spacial score (nSPS) is 18.9. The predicted octanol–water partition coefficient (Wildman–Crippen LogP) is 2.26. The van der Waals surface area contributed by atoms with Crippen LogP contribution in [0.25, 0.3) is 0 Å². The molecular formula is C13H17ClO4. The molecular weight excluding hydrogens is 256 g/mol. The summed E-state index contributed by atoms with van der Waals surface area (Å²) in [6.45, 7) is 1.95. The van der Waals surface area contributed by atoms with Gasteiger partial charge in [0.05, 0.1) is 26.9 Å². The lowest BCUT2D eigenvalue weighted by Crippen LogP contribution is -2.13. The highest BCUT2D eigenvalue weighted by Crippen LogP contribution is 2.35. The van der Waals surface area contributed by atoms with Crippen molar-refractivity contribution in [1.82, 2.24) is 0 Å². The van der Waals surface area contributed by atoms with Crippen LogP contribution in [0.3, 0.4) is 0 Å². The molecule has 1 heterocycles. The highest BCUT2D eigenvalue weighted by atomic mass is 35.5. The maximum atomic E-state index is 9.34. The summed E-state index contributed by atoms with van der Waals surface area (Å²) < 4.78 is 16.3. The van der Waals surface area contributed by atoms with E-state index in [0.717, 1.165) is 19.6 Å². The van der Waals surface area contributed by atoms with Gasteiger partial charge in [0.1, 0.15) is 0 Å². The van der Waals surface area contributed by atoms with E-state index in [0.29, 0.717) is 34.6 Å². The molecule has 1 aromatic rings. The molecule has 2 rings (SSSR count). The second-order valence-electron chi connectivity index (χ2n) is 4.30. The van der Waals surface area contributed by atoms with E-state index in [4.69, 9.17) is 25.8 Å². The van der Waals surface area contributed by atoms with Gasteiger partial charge in [-0.2, -0.15) is 0 Å². The fourth-order valence-electron chi connectivity index (χ4n) is 1.97. The van der Waals surface area contributed by atoms with Crippen LogP contribution in [0.15, 0.2) is 12.1 Å². The maximum Gasteiger partial charge on any atom is 0.166 e.